The highest BCUT2D eigenvalue weighted by Crippen LogP contribution is 2.29. The molecule has 0 radical (unpaired) electrons. The SMILES string of the molecule is CC[C@H](C)c1ccc2oc(-c3ccc(NC(=O)c4cc(Cl)ccc4OC)cc3)nc2c1. The largest absolute Gasteiger partial charge is 0.496 e. The average molecular weight is 435 g/mol. The van der Waals surface area contributed by atoms with E-state index in [-0.39, 0.29) is 5.91 Å². The quantitative estimate of drug-likeness (QED) is 0.357. The molecule has 1 amide bonds. The number of anilines is 1. The summed E-state index contributed by atoms with van der Waals surface area (Å²) in [5.41, 5.74) is 4.70. The molecule has 0 aliphatic rings. The number of fused-ring (bicyclic) bond motifs is 1. The number of nitrogens with zero attached hydrogens (tertiary/aromatic N) is 1. The van der Waals surface area contributed by atoms with Crippen molar-refractivity contribution in [1.29, 1.82) is 0 Å². The number of carbonyl (C=O) groups excluding carboxylic acids is 1. The summed E-state index contributed by atoms with van der Waals surface area (Å²) in [6.45, 7) is 4.38. The molecule has 0 bridgehead atoms. The number of carbonyl (C=O) groups is 1. The van der Waals surface area contributed by atoms with Gasteiger partial charge in [-0.1, -0.05) is 31.5 Å². The van der Waals surface area contributed by atoms with Crippen molar-refractivity contribution in [3.05, 3.63) is 76.8 Å². The Balaban J connectivity index is 1.54. The van der Waals surface area contributed by atoms with Gasteiger partial charge >= 0.3 is 0 Å². The summed E-state index contributed by atoms with van der Waals surface area (Å²) in [4.78, 5) is 17.3. The molecule has 0 fully saturated rings. The zero-order chi connectivity index (χ0) is 22.0. The smallest absolute Gasteiger partial charge is 0.259 e. The molecule has 0 saturated carbocycles. The minimum absolute atomic E-state index is 0.300. The number of ether oxygens (including phenoxy) is 1. The minimum Gasteiger partial charge on any atom is -0.496 e. The molecule has 6 heteroatoms. The number of rotatable bonds is 6. The predicted octanol–water partition coefficient (Wildman–Crippen LogP) is 6.92. The van der Waals surface area contributed by atoms with Gasteiger partial charge in [-0.25, -0.2) is 4.98 Å². The number of amides is 1. The van der Waals surface area contributed by atoms with Crippen molar-refractivity contribution in [2.75, 3.05) is 12.4 Å². The van der Waals surface area contributed by atoms with E-state index in [2.05, 4.69) is 36.3 Å². The van der Waals surface area contributed by atoms with E-state index in [1.807, 2.05) is 30.3 Å². The van der Waals surface area contributed by atoms with Gasteiger partial charge in [0.15, 0.2) is 5.58 Å². The number of nitrogens with one attached hydrogen (secondary N) is 1. The van der Waals surface area contributed by atoms with Crippen LogP contribution in [-0.4, -0.2) is 18.0 Å². The lowest BCUT2D eigenvalue weighted by molar-refractivity contribution is 0.102. The van der Waals surface area contributed by atoms with Crippen LogP contribution in [0, 0.1) is 0 Å². The fourth-order valence-electron chi connectivity index (χ4n) is 3.36. The fourth-order valence-corrected chi connectivity index (χ4v) is 3.53. The molecule has 31 heavy (non-hydrogen) atoms. The summed E-state index contributed by atoms with van der Waals surface area (Å²) in [5, 5.41) is 3.33. The molecule has 1 heterocycles. The van der Waals surface area contributed by atoms with Crippen LogP contribution in [0.2, 0.25) is 5.02 Å². The summed E-state index contributed by atoms with van der Waals surface area (Å²) in [6, 6.07) is 18.4. The number of hydrogen-bond acceptors (Lipinski definition) is 4. The molecule has 158 valence electrons. The Morgan fingerprint density at radius 1 is 1.13 bits per heavy atom. The molecule has 5 nitrogen and oxygen atoms in total. The normalized spacial score (nSPS) is 12.0. The van der Waals surface area contributed by atoms with E-state index in [1.165, 1.54) is 12.7 Å². The van der Waals surface area contributed by atoms with Crippen molar-refractivity contribution in [1.82, 2.24) is 4.98 Å². The van der Waals surface area contributed by atoms with Crippen LogP contribution in [0.25, 0.3) is 22.6 Å². The van der Waals surface area contributed by atoms with Crippen molar-refractivity contribution in [3.63, 3.8) is 0 Å². The lowest BCUT2D eigenvalue weighted by Gasteiger charge is -2.10. The van der Waals surface area contributed by atoms with E-state index in [4.69, 9.17) is 20.8 Å². The molecule has 0 saturated heterocycles. The second-order valence-corrected chi connectivity index (χ2v) is 7.87. The molecule has 0 aliphatic carbocycles. The van der Waals surface area contributed by atoms with Gasteiger partial charge in [-0.05, 0) is 72.5 Å². The highest BCUT2D eigenvalue weighted by molar-refractivity contribution is 6.31. The average Bonchev–Trinajstić information content (AvgIpc) is 3.22. The maximum absolute atomic E-state index is 12.6. The third kappa shape index (κ3) is 4.42. The maximum atomic E-state index is 12.6. The van der Waals surface area contributed by atoms with Gasteiger partial charge in [-0.2, -0.15) is 0 Å². The summed E-state index contributed by atoms with van der Waals surface area (Å²) in [6.07, 6.45) is 1.07. The molecule has 0 spiro atoms. The van der Waals surface area contributed by atoms with Gasteiger partial charge in [-0.15, -0.1) is 0 Å². The topological polar surface area (TPSA) is 64.4 Å². The zero-order valence-corrected chi connectivity index (χ0v) is 18.4. The summed E-state index contributed by atoms with van der Waals surface area (Å²) in [5.74, 6) is 1.18. The van der Waals surface area contributed by atoms with Crippen LogP contribution in [0.5, 0.6) is 5.75 Å². The Labute approximate surface area is 186 Å². The Morgan fingerprint density at radius 2 is 1.90 bits per heavy atom. The molecule has 4 rings (SSSR count). The van der Waals surface area contributed by atoms with Crippen molar-refractivity contribution < 1.29 is 13.9 Å². The van der Waals surface area contributed by atoms with Crippen LogP contribution >= 0.6 is 11.6 Å². The lowest BCUT2D eigenvalue weighted by Crippen LogP contribution is -2.13. The van der Waals surface area contributed by atoms with Gasteiger partial charge in [0.2, 0.25) is 5.89 Å². The first-order valence-corrected chi connectivity index (χ1v) is 10.5. The van der Waals surface area contributed by atoms with Crippen molar-refractivity contribution >= 4 is 34.3 Å². The minimum atomic E-state index is -0.300. The van der Waals surface area contributed by atoms with Gasteiger partial charge < -0.3 is 14.5 Å². The predicted molar refractivity (Wildman–Crippen MR) is 124 cm³/mol. The Morgan fingerprint density at radius 3 is 2.61 bits per heavy atom. The third-order valence-corrected chi connectivity index (χ3v) is 5.62. The monoisotopic (exact) mass is 434 g/mol. The van der Waals surface area contributed by atoms with Crippen LogP contribution in [0.15, 0.2) is 65.1 Å². The van der Waals surface area contributed by atoms with E-state index >= 15 is 0 Å². The number of oxazole rings is 1. The second-order valence-electron chi connectivity index (χ2n) is 7.43. The number of methoxy groups -OCH3 is 1. The summed E-state index contributed by atoms with van der Waals surface area (Å²) in [7, 11) is 1.51. The van der Waals surface area contributed by atoms with E-state index < -0.39 is 0 Å². The van der Waals surface area contributed by atoms with Gasteiger partial charge in [0.1, 0.15) is 11.3 Å². The van der Waals surface area contributed by atoms with Crippen molar-refractivity contribution in [2.45, 2.75) is 26.2 Å². The number of aromatic nitrogens is 1. The van der Waals surface area contributed by atoms with Gasteiger partial charge in [0.25, 0.3) is 5.91 Å². The first-order valence-electron chi connectivity index (χ1n) is 10.1. The molecule has 0 unspecified atom stereocenters. The molecule has 1 N–H and O–H groups in total. The summed E-state index contributed by atoms with van der Waals surface area (Å²) < 4.78 is 11.2. The molecular formula is C25H23ClN2O3. The van der Waals surface area contributed by atoms with E-state index in [0.717, 1.165) is 23.1 Å². The van der Waals surface area contributed by atoms with Crippen LogP contribution < -0.4 is 10.1 Å². The van der Waals surface area contributed by atoms with E-state index in [1.54, 1.807) is 18.2 Å². The molecule has 0 aliphatic heterocycles. The molecule has 1 atom stereocenters. The van der Waals surface area contributed by atoms with Crippen LogP contribution in [0.3, 0.4) is 0 Å². The van der Waals surface area contributed by atoms with Crippen LogP contribution in [0.1, 0.15) is 42.1 Å². The van der Waals surface area contributed by atoms with Gasteiger partial charge in [0.05, 0.1) is 12.7 Å². The van der Waals surface area contributed by atoms with E-state index in [9.17, 15) is 4.79 Å². The number of hydrogen-bond donors (Lipinski definition) is 1. The molecular weight excluding hydrogens is 412 g/mol. The number of halogens is 1. The Hall–Kier alpha value is -3.31. The lowest BCUT2D eigenvalue weighted by atomic mass is 9.98. The van der Waals surface area contributed by atoms with Crippen LogP contribution in [-0.2, 0) is 0 Å². The molecule has 4 aromatic rings. The first kappa shape index (κ1) is 20.9. The van der Waals surface area contributed by atoms with E-state index in [0.29, 0.717) is 33.8 Å². The Bertz CT molecular complexity index is 1230. The summed E-state index contributed by atoms with van der Waals surface area (Å²) >= 11 is 6.03. The van der Waals surface area contributed by atoms with Gasteiger partial charge in [0, 0.05) is 16.3 Å². The van der Waals surface area contributed by atoms with Crippen LogP contribution in [0.4, 0.5) is 5.69 Å². The zero-order valence-electron chi connectivity index (χ0n) is 17.6. The third-order valence-electron chi connectivity index (χ3n) is 5.39. The van der Waals surface area contributed by atoms with Gasteiger partial charge in [-0.3, -0.25) is 4.79 Å². The number of benzene rings is 3. The van der Waals surface area contributed by atoms with Crippen molar-refractivity contribution in [2.24, 2.45) is 0 Å². The highest BCUT2D eigenvalue weighted by atomic mass is 35.5. The fraction of sp³-hybridized carbons (Fsp3) is 0.200. The molecule has 3 aromatic carbocycles. The highest BCUT2D eigenvalue weighted by Gasteiger charge is 2.14. The standard InChI is InChI=1S/C25H23ClN2O3/c1-4-15(2)17-7-11-23-21(13-17)28-25(31-23)16-5-9-19(10-6-16)27-24(29)20-14-18(26)8-12-22(20)30-3/h5-15H,4H2,1-3H3,(H,27,29)/t15-/m0/s1. The first-order chi connectivity index (χ1) is 15.0. The van der Waals surface area contributed by atoms with Crippen molar-refractivity contribution in [3.8, 4) is 17.2 Å². The Kier molecular flexibility index (Phi) is 5.96. The second kappa shape index (κ2) is 8.82. The molecule has 1 aromatic heterocycles. The maximum Gasteiger partial charge on any atom is 0.259 e.